The van der Waals surface area contributed by atoms with Crippen LogP contribution in [0.1, 0.15) is 24.2 Å². The maximum absolute atomic E-state index is 12.0. The smallest absolute Gasteiger partial charge is 0.194 e. The molecule has 2 nitrogen and oxygen atoms in total. The van der Waals surface area contributed by atoms with Crippen molar-refractivity contribution in [3.63, 3.8) is 0 Å². The van der Waals surface area contributed by atoms with Crippen molar-refractivity contribution in [3.8, 4) is 0 Å². The topological polar surface area (TPSA) is 26.3 Å². The van der Waals surface area contributed by atoms with Crippen LogP contribution < -0.4 is 0 Å². The Bertz CT molecular complexity index is 339. The standard InChI is InChI=1S/C13H16O2/c1-4-10-15-13(2,3)12(14)11-8-6-5-7-9-11/h4-9H,1,10H2,2-3H3. The van der Waals surface area contributed by atoms with Gasteiger partial charge in [-0.1, -0.05) is 36.4 Å². The predicted octanol–water partition coefficient (Wildman–Crippen LogP) is 2.85. The Morgan fingerprint density at radius 2 is 2.00 bits per heavy atom. The maximum Gasteiger partial charge on any atom is 0.194 e. The fraction of sp³-hybridized carbons (Fsp3) is 0.308. The number of Topliss-reactive ketones (excluding diaryl/α,β-unsaturated/α-hetero) is 1. The SMILES string of the molecule is C=CCOC(C)(C)C(=O)c1ccccc1. The fourth-order valence-electron chi connectivity index (χ4n) is 1.27. The third-order valence-corrected chi connectivity index (χ3v) is 2.14. The molecule has 0 heterocycles. The van der Waals surface area contributed by atoms with Crippen LogP contribution in [0.5, 0.6) is 0 Å². The quantitative estimate of drug-likeness (QED) is 0.544. The third kappa shape index (κ3) is 3.03. The third-order valence-electron chi connectivity index (χ3n) is 2.14. The lowest BCUT2D eigenvalue weighted by Gasteiger charge is -2.23. The van der Waals surface area contributed by atoms with Crippen molar-refractivity contribution < 1.29 is 9.53 Å². The van der Waals surface area contributed by atoms with Crippen molar-refractivity contribution in [2.75, 3.05) is 6.61 Å². The summed E-state index contributed by atoms with van der Waals surface area (Å²) >= 11 is 0. The lowest BCUT2D eigenvalue weighted by molar-refractivity contribution is 0.00788. The molecule has 80 valence electrons. The first-order chi connectivity index (χ1) is 7.08. The number of benzene rings is 1. The maximum atomic E-state index is 12.0. The van der Waals surface area contributed by atoms with Gasteiger partial charge in [-0.2, -0.15) is 0 Å². The van der Waals surface area contributed by atoms with E-state index in [9.17, 15) is 4.79 Å². The molecule has 2 heteroatoms. The first kappa shape index (κ1) is 11.7. The van der Waals surface area contributed by atoms with Crippen LogP contribution in [0.2, 0.25) is 0 Å². The van der Waals surface area contributed by atoms with Crippen LogP contribution in [-0.2, 0) is 4.74 Å². The van der Waals surface area contributed by atoms with E-state index < -0.39 is 5.60 Å². The summed E-state index contributed by atoms with van der Waals surface area (Å²) in [6.45, 7) is 7.48. The second-order valence-electron chi connectivity index (χ2n) is 3.81. The van der Waals surface area contributed by atoms with Gasteiger partial charge in [0.25, 0.3) is 0 Å². The van der Waals surface area contributed by atoms with Gasteiger partial charge in [-0.3, -0.25) is 4.79 Å². The average Bonchev–Trinajstić information content (AvgIpc) is 2.26. The number of rotatable bonds is 5. The van der Waals surface area contributed by atoms with Gasteiger partial charge in [0.05, 0.1) is 6.61 Å². The lowest BCUT2D eigenvalue weighted by Crippen LogP contribution is -2.35. The molecule has 1 aromatic rings. The lowest BCUT2D eigenvalue weighted by atomic mass is 9.96. The van der Waals surface area contributed by atoms with E-state index in [0.29, 0.717) is 12.2 Å². The molecule has 0 spiro atoms. The van der Waals surface area contributed by atoms with Crippen LogP contribution in [0.25, 0.3) is 0 Å². The highest BCUT2D eigenvalue weighted by molar-refractivity contribution is 6.01. The highest BCUT2D eigenvalue weighted by Gasteiger charge is 2.28. The molecule has 0 fully saturated rings. The van der Waals surface area contributed by atoms with E-state index in [0.717, 1.165) is 0 Å². The number of ether oxygens (including phenoxy) is 1. The zero-order chi connectivity index (χ0) is 11.3. The van der Waals surface area contributed by atoms with Gasteiger partial charge < -0.3 is 4.74 Å². The molecule has 15 heavy (non-hydrogen) atoms. The summed E-state index contributed by atoms with van der Waals surface area (Å²) in [5.41, 5.74) is -0.123. The van der Waals surface area contributed by atoms with Crippen LogP contribution in [0.15, 0.2) is 43.0 Å². The van der Waals surface area contributed by atoms with E-state index in [4.69, 9.17) is 4.74 Å². The van der Waals surface area contributed by atoms with Gasteiger partial charge in [0, 0.05) is 5.56 Å². The first-order valence-corrected chi connectivity index (χ1v) is 4.92. The molecule has 0 N–H and O–H groups in total. The highest BCUT2D eigenvalue weighted by atomic mass is 16.5. The summed E-state index contributed by atoms with van der Waals surface area (Å²) < 4.78 is 5.43. The Morgan fingerprint density at radius 1 is 1.40 bits per heavy atom. The molecule has 1 aromatic carbocycles. The second kappa shape index (κ2) is 4.89. The minimum Gasteiger partial charge on any atom is -0.363 e. The van der Waals surface area contributed by atoms with Crippen LogP contribution in [0.3, 0.4) is 0 Å². The molecular weight excluding hydrogens is 188 g/mol. The molecule has 1 rings (SSSR count). The zero-order valence-electron chi connectivity index (χ0n) is 9.19. The first-order valence-electron chi connectivity index (χ1n) is 4.92. The number of ketones is 1. The van der Waals surface area contributed by atoms with Crippen molar-refractivity contribution >= 4 is 5.78 Å². The van der Waals surface area contributed by atoms with Gasteiger partial charge in [0.1, 0.15) is 5.60 Å². The van der Waals surface area contributed by atoms with Gasteiger partial charge >= 0.3 is 0 Å². The molecule has 0 radical (unpaired) electrons. The number of carbonyl (C=O) groups is 1. The van der Waals surface area contributed by atoms with Crippen molar-refractivity contribution in [2.45, 2.75) is 19.4 Å². The van der Waals surface area contributed by atoms with E-state index in [-0.39, 0.29) is 5.78 Å². The summed E-state index contributed by atoms with van der Waals surface area (Å²) in [4.78, 5) is 12.0. The average molecular weight is 204 g/mol. The van der Waals surface area contributed by atoms with Gasteiger partial charge in [-0.15, -0.1) is 6.58 Å². The molecule has 0 aliphatic heterocycles. The van der Waals surface area contributed by atoms with Gasteiger partial charge in [-0.25, -0.2) is 0 Å². The Morgan fingerprint density at radius 3 is 2.53 bits per heavy atom. The summed E-state index contributed by atoms with van der Waals surface area (Å²) in [7, 11) is 0. The molecule has 0 bridgehead atoms. The highest BCUT2D eigenvalue weighted by Crippen LogP contribution is 2.16. The number of hydrogen-bond donors (Lipinski definition) is 0. The summed E-state index contributed by atoms with van der Waals surface area (Å²) in [6.07, 6.45) is 1.64. The molecular formula is C13H16O2. The normalized spacial score (nSPS) is 11.1. The summed E-state index contributed by atoms with van der Waals surface area (Å²) in [5, 5.41) is 0. The van der Waals surface area contributed by atoms with Gasteiger partial charge in [-0.05, 0) is 13.8 Å². The predicted molar refractivity (Wildman–Crippen MR) is 61.0 cm³/mol. The second-order valence-corrected chi connectivity index (χ2v) is 3.81. The van der Waals surface area contributed by atoms with Crippen molar-refractivity contribution in [2.24, 2.45) is 0 Å². The van der Waals surface area contributed by atoms with Crippen molar-refractivity contribution in [1.82, 2.24) is 0 Å². The monoisotopic (exact) mass is 204 g/mol. The van der Waals surface area contributed by atoms with E-state index >= 15 is 0 Å². The van der Waals surface area contributed by atoms with E-state index in [1.807, 2.05) is 18.2 Å². The number of carbonyl (C=O) groups excluding carboxylic acids is 1. The van der Waals surface area contributed by atoms with E-state index in [1.54, 1.807) is 32.1 Å². The Labute approximate surface area is 90.6 Å². The van der Waals surface area contributed by atoms with E-state index in [2.05, 4.69) is 6.58 Å². The van der Waals surface area contributed by atoms with E-state index in [1.165, 1.54) is 0 Å². The zero-order valence-corrected chi connectivity index (χ0v) is 9.19. The molecule has 0 aliphatic rings. The molecule has 0 saturated heterocycles. The number of hydrogen-bond acceptors (Lipinski definition) is 2. The molecule has 0 aliphatic carbocycles. The Hall–Kier alpha value is -1.41. The summed E-state index contributed by atoms with van der Waals surface area (Å²) in [5.74, 6) is -0.00931. The minimum absolute atomic E-state index is 0.00931. The largest absolute Gasteiger partial charge is 0.363 e. The molecule has 0 unspecified atom stereocenters. The summed E-state index contributed by atoms with van der Waals surface area (Å²) in [6, 6.07) is 9.16. The van der Waals surface area contributed by atoms with Crippen molar-refractivity contribution in [1.29, 1.82) is 0 Å². The Kier molecular flexibility index (Phi) is 3.81. The molecule has 0 amide bonds. The van der Waals surface area contributed by atoms with Gasteiger partial charge in [0.15, 0.2) is 5.78 Å². The van der Waals surface area contributed by atoms with Crippen LogP contribution >= 0.6 is 0 Å². The minimum atomic E-state index is -0.796. The van der Waals surface area contributed by atoms with Crippen LogP contribution in [0, 0.1) is 0 Å². The van der Waals surface area contributed by atoms with Crippen LogP contribution in [0.4, 0.5) is 0 Å². The molecule has 0 aromatic heterocycles. The molecule has 0 saturated carbocycles. The Balaban J connectivity index is 2.79. The fourth-order valence-corrected chi connectivity index (χ4v) is 1.27. The van der Waals surface area contributed by atoms with Crippen molar-refractivity contribution in [3.05, 3.63) is 48.6 Å². The molecule has 0 atom stereocenters. The van der Waals surface area contributed by atoms with Gasteiger partial charge in [0.2, 0.25) is 0 Å². The van der Waals surface area contributed by atoms with Crippen LogP contribution in [-0.4, -0.2) is 18.0 Å².